The number of amides is 1. The molecular formula is C29H26Cl2N4O2S. The quantitative estimate of drug-likeness (QED) is 0.233. The molecule has 194 valence electrons. The SMILES string of the molecule is Cc1ccc(-c2ccc([C@H]3[C@H](c4ccccn4)NC(=S)N3c3ccc(NC(=O)C(C)C)c(Cl)c3)o2)cc1Cl. The minimum atomic E-state index is -0.348. The average molecular weight is 566 g/mol. The number of hydrogen-bond acceptors (Lipinski definition) is 4. The fourth-order valence-electron chi connectivity index (χ4n) is 4.37. The van der Waals surface area contributed by atoms with Crippen molar-refractivity contribution in [1.29, 1.82) is 0 Å². The lowest BCUT2D eigenvalue weighted by Crippen LogP contribution is -2.29. The largest absolute Gasteiger partial charge is 0.459 e. The first-order valence-corrected chi connectivity index (χ1v) is 13.4. The molecule has 2 atom stereocenters. The van der Waals surface area contributed by atoms with E-state index in [-0.39, 0.29) is 23.9 Å². The lowest BCUT2D eigenvalue weighted by molar-refractivity contribution is -0.118. The van der Waals surface area contributed by atoms with Crippen LogP contribution in [0, 0.1) is 12.8 Å². The number of carbonyl (C=O) groups excluding carboxylic acids is 1. The lowest BCUT2D eigenvalue weighted by Gasteiger charge is -2.26. The zero-order valence-electron chi connectivity index (χ0n) is 21.0. The molecule has 1 aliphatic rings. The van der Waals surface area contributed by atoms with E-state index in [4.69, 9.17) is 39.8 Å². The lowest BCUT2D eigenvalue weighted by atomic mass is 10.0. The second-order valence-electron chi connectivity index (χ2n) is 9.47. The van der Waals surface area contributed by atoms with Crippen molar-refractivity contribution in [3.63, 3.8) is 0 Å². The number of thiocarbonyl (C=S) groups is 1. The van der Waals surface area contributed by atoms with Gasteiger partial charge in [-0.15, -0.1) is 0 Å². The summed E-state index contributed by atoms with van der Waals surface area (Å²) in [5.41, 5.74) is 4.01. The van der Waals surface area contributed by atoms with Crippen molar-refractivity contribution >= 4 is 57.8 Å². The zero-order chi connectivity index (χ0) is 27.0. The predicted octanol–water partition coefficient (Wildman–Crippen LogP) is 7.73. The summed E-state index contributed by atoms with van der Waals surface area (Å²) in [4.78, 5) is 18.8. The van der Waals surface area contributed by atoms with Crippen molar-refractivity contribution in [3.05, 3.63) is 100.0 Å². The van der Waals surface area contributed by atoms with Gasteiger partial charge in [0.2, 0.25) is 5.91 Å². The normalized spacial score (nSPS) is 17.1. The van der Waals surface area contributed by atoms with Crippen LogP contribution >= 0.6 is 35.4 Å². The maximum Gasteiger partial charge on any atom is 0.226 e. The van der Waals surface area contributed by atoms with Crippen LogP contribution in [0.3, 0.4) is 0 Å². The molecule has 0 spiro atoms. The van der Waals surface area contributed by atoms with Crippen molar-refractivity contribution in [3.8, 4) is 11.3 Å². The van der Waals surface area contributed by atoms with Gasteiger partial charge in [-0.1, -0.05) is 55.2 Å². The standard InChI is InChI=1S/C29H26Cl2N4O2S/c1-16(2)28(36)33-22-10-9-19(15-21(22)31)35-27(26(34-29(35)38)23-6-4-5-13-32-23)25-12-11-24(37-25)18-8-7-17(3)20(30)14-18/h4-16,26-27H,1-3H3,(H,33,36)(H,34,38)/t26-,27-/m0/s1. The summed E-state index contributed by atoms with van der Waals surface area (Å²) in [6.07, 6.45) is 1.75. The van der Waals surface area contributed by atoms with Gasteiger partial charge < -0.3 is 20.0 Å². The van der Waals surface area contributed by atoms with Crippen molar-refractivity contribution in [2.24, 2.45) is 5.92 Å². The highest BCUT2D eigenvalue weighted by Gasteiger charge is 2.42. The van der Waals surface area contributed by atoms with Crippen LogP contribution in [0.1, 0.15) is 42.9 Å². The summed E-state index contributed by atoms with van der Waals surface area (Å²) in [5.74, 6) is 1.13. The predicted molar refractivity (Wildman–Crippen MR) is 157 cm³/mol. The molecule has 2 N–H and O–H groups in total. The molecule has 5 rings (SSSR count). The molecule has 2 aromatic heterocycles. The van der Waals surface area contributed by atoms with Gasteiger partial charge in [-0.25, -0.2) is 0 Å². The number of furan rings is 1. The fourth-order valence-corrected chi connectivity index (χ4v) is 5.12. The van der Waals surface area contributed by atoms with Gasteiger partial charge in [0.05, 0.1) is 22.4 Å². The number of aryl methyl sites for hydroxylation is 1. The molecule has 1 fully saturated rings. The molecule has 38 heavy (non-hydrogen) atoms. The minimum Gasteiger partial charge on any atom is -0.459 e. The molecule has 1 saturated heterocycles. The second-order valence-corrected chi connectivity index (χ2v) is 10.7. The molecule has 3 heterocycles. The molecule has 9 heteroatoms. The number of benzene rings is 2. The summed E-state index contributed by atoms with van der Waals surface area (Å²) in [6, 6.07) is 20.3. The van der Waals surface area contributed by atoms with Gasteiger partial charge in [0.1, 0.15) is 17.6 Å². The number of nitrogens with one attached hydrogen (secondary N) is 2. The van der Waals surface area contributed by atoms with E-state index in [2.05, 4.69) is 15.6 Å². The molecule has 0 aliphatic carbocycles. The Morgan fingerprint density at radius 1 is 1.08 bits per heavy atom. The van der Waals surface area contributed by atoms with E-state index in [1.165, 1.54) is 0 Å². The van der Waals surface area contributed by atoms with E-state index in [0.29, 0.717) is 32.4 Å². The summed E-state index contributed by atoms with van der Waals surface area (Å²) in [6.45, 7) is 5.62. The smallest absolute Gasteiger partial charge is 0.226 e. The van der Waals surface area contributed by atoms with Gasteiger partial charge in [-0.05, 0) is 73.2 Å². The zero-order valence-corrected chi connectivity index (χ0v) is 23.4. The minimum absolute atomic E-state index is 0.106. The number of hydrogen-bond donors (Lipinski definition) is 2. The third-order valence-electron chi connectivity index (χ3n) is 6.49. The highest BCUT2D eigenvalue weighted by molar-refractivity contribution is 7.80. The maximum atomic E-state index is 12.2. The van der Waals surface area contributed by atoms with Crippen molar-refractivity contribution in [1.82, 2.24) is 10.3 Å². The van der Waals surface area contributed by atoms with Gasteiger partial charge in [-0.2, -0.15) is 0 Å². The first kappa shape index (κ1) is 26.2. The Hall–Kier alpha value is -3.39. The number of pyridine rings is 1. The van der Waals surface area contributed by atoms with E-state index < -0.39 is 0 Å². The molecular weight excluding hydrogens is 539 g/mol. The maximum absolute atomic E-state index is 12.2. The van der Waals surface area contributed by atoms with Crippen LogP contribution in [-0.4, -0.2) is 16.0 Å². The number of rotatable bonds is 6. The van der Waals surface area contributed by atoms with Crippen LogP contribution in [0.25, 0.3) is 11.3 Å². The van der Waals surface area contributed by atoms with Gasteiger partial charge in [0, 0.05) is 28.4 Å². The van der Waals surface area contributed by atoms with E-state index in [1.54, 1.807) is 18.3 Å². The molecule has 0 unspecified atom stereocenters. The molecule has 4 aromatic rings. The highest BCUT2D eigenvalue weighted by atomic mass is 35.5. The average Bonchev–Trinajstić information content (AvgIpc) is 3.52. The van der Waals surface area contributed by atoms with Crippen molar-refractivity contribution in [2.45, 2.75) is 32.9 Å². The Balaban J connectivity index is 1.55. The van der Waals surface area contributed by atoms with Crippen LogP contribution in [0.4, 0.5) is 11.4 Å². The third-order valence-corrected chi connectivity index (χ3v) is 7.52. The molecule has 2 aromatic carbocycles. The second kappa shape index (κ2) is 10.8. The number of halogens is 2. The molecule has 0 saturated carbocycles. The first-order valence-electron chi connectivity index (χ1n) is 12.2. The van der Waals surface area contributed by atoms with Crippen LogP contribution in [0.15, 0.2) is 77.3 Å². The first-order chi connectivity index (χ1) is 18.2. The fraction of sp³-hybridized carbons (Fsp3) is 0.207. The van der Waals surface area contributed by atoms with Gasteiger partial charge in [-0.3, -0.25) is 9.78 Å². The summed E-state index contributed by atoms with van der Waals surface area (Å²) in [5, 5.41) is 7.88. The van der Waals surface area contributed by atoms with Crippen molar-refractivity contribution < 1.29 is 9.21 Å². The monoisotopic (exact) mass is 564 g/mol. The van der Waals surface area contributed by atoms with Crippen LogP contribution in [-0.2, 0) is 4.79 Å². The van der Waals surface area contributed by atoms with E-state index in [0.717, 1.165) is 22.5 Å². The Bertz CT molecular complexity index is 1510. The van der Waals surface area contributed by atoms with Crippen LogP contribution < -0.4 is 15.5 Å². The van der Waals surface area contributed by atoms with Gasteiger partial charge in [0.15, 0.2) is 5.11 Å². The van der Waals surface area contributed by atoms with Crippen LogP contribution in [0.2, 0.25) is 10.0 Å². The van der Waals surface area contributed by atoms with E-state index >= 15 is 0 Å². The number of nitrogens with zero attached hydrogens (tertiary/aromatic N) is 2. The number of aromatic nitrogens is 1. The van der Waals surface area contributed by atoms with Gasteiger partial charge in [0.25, 0.3) is 0 Å². The van der Waals surface area contributed by atoms with E-state index in [1.807, 2.05) is 80.3 Å². The summed E-state index contributed by atoms with van der Waals surface area (Å²) >= 11 is 18.8. The molecule has 6 nitrogen and oxygen atoms in total. The molecule has 1 aliphatic heterocycles. The van der Waals surface area contributed by atoms with Crippen molar-refractivity contribution in [2.75, 3.05) is 10.2 Å². The Labute approximate surface area is 237 Å². The van der Waals surface area contributed by atoms with E-state index in [9.17, 15) is 4.79 Å². The Morgan fingerprint density at radius 2 is 1.89 bits per heavy atom. The van der Waals surface area contributed by atoms with Crippen LogP contribution in [0.5, 0.6) is 0 Å². The summed E-state index contributed by atoms with van der Waals surface area (Å²) in [7, 11) is 0. The third kappa shape index (κ3) is 5.14. The summed E-state index contributed by atoms with van der Waals surface area (Å²) < 4.78 is 6.42. The Morgan fingerprint density at radius 3 is 2.58 bits per heavy atom. The number of carbonyl (C=O) groups is 1. The molecule has 0 bridgehead atoms. The number of anilines is 2. The topological polar surface area (TPSA) is 70.4 Å². The molecule has 1 amide bonds. The molecule has 0 radical (unpaired) electrons. The highest BCUT2D eigenvalue weighted by Crippen LogP contribution is 2.44. The Kier molecular flexibility index (Phi) is 7.43. The van der Waals surface area contributed by atoms with Gasteiger partial charge >= 0.3 is 0 Å².